The summed E-state index contributed by atoms with van der Waals surface area (Å²) >= 11 is 0. The van der Waals surface area contributed by atoms with E-state index in [2.05, 4.69) is 4.74 Å². The molecule has 0 aromatic carbocycles. The minimum absolute atomic E-state index is 0.0925. The highest BCUT2D eigenvalue weighted by Crippen LogP contribution is 2.17. The van der Waals surface area contributed by atoms with Crippen LogP contribution < -0.4 is 5.73 Å². The van der Waals surface area contributed by atoms with E-state index >= 15 is 0 Å². The first-order valence-corrected chi connectivity index (χ1v) is 3.06. The van der Waals surface area contributed by atoms with E-state index in [0.29, 0.717) is 0 Å². The van der Waals surface area contributed by atoms with Crippen molar-refractivity contribution in [2.24, 2.45) is 5.73 Å². The maximum absolute atomic E-state index is 9.01. The molecule has 5 N–H and O–H groups in total. The van der Waals surface area contributed by atoms with Gasteiger partial charge < -0.3 is 25.8 Å². The van der Waals surface area contributed by atoms with Crippen LogP contribution in [0, 0.1) is 0 Å². The minimum atomic E-state index is -1.30. The average Bonchev–Trinajstić information content (AvgIpc) is 2.17. The van der Waals surface area contributed by atoms with Crippen LogP contribution in [0.5, 0.6) is 0 Å². The molecule has 10 heavy (non-hydrogen) atoms. The van der Waals surface area contributed by atoms with Gasteiger partial charge in [-0.2, -0.15) is 0 Å². The molecule has 1 fully saturated rings. The summed E-state index contributed by atoms with van der Waals surface area (Å²) in [6.07, 6.45) is -4.25. The van der Waals surface area contributed by atoms with Crippen LogP contribution in [0.4, 0.5) is 0 Å². The number of rotatable bonds is 1. The van der Waals surface area contributed by atoms with Crippen molar-refractivity contribution in [1.29, 1.82) is 0 Å². The van der Waals surface area contributed by atoms with E-state index in [1.807, 2.05) is 0 Å². The van der Waals surface area contributed by atoms with Crippen LogP contribution in [-0.4, -0.2) is 46.5 Å². The van der Waals surface area contributed by atoms with Gasteiger partial charge in [-0.15, -0.1) is 0 Å². The molecule has 1 aliphatic heterocycles. The molecule has 0 aliphatic carbocycles. The van der Waals surface area contributed by atoms with Crippen LogP contribution in [0.25, 0.3) is 0 Å². The lowest BCUT2D eigenvalue weighted by Crippen LogP contribution is -2.35. The fourth-order valence-electron chi connectivity index (χ4n) is 0.924. The zero-order valence-corrected chi connectivity index (χ0v) is 5.34. The van der Waals surface area contributed by atoms with Crippen molar-refractivity contribution in [1.82, 2.24) is 0 Å². The topological polar surface area (TPSA) is 95.9 Å². The maximum Gasteiger partial charge on any atom is 0.184 e. The summed E-state index contributed by atoms with van der Waals surface area (Å²) in [6, 6.07) is 0. The Bertz CT molecular complexity index is 120. The van der Waals surface area contributed by atoms with Gasteiger partial charge in [-0.25, -0.2) is 0 Å². The summed E-state index contributed by atoms with van der Waals surface area (Å²) in [5.41, 5.74) is 5.14. The van der Waals surface area contributed by atoms with Crippen LogP contribution in [0.15, 0.2) is 0 Å². The first-order chi connectivity index (χ1) is 4.66. The zero-order valence-electron chi connectivity index (χ0n) is 5.34. The Labute approximate surface area is 58.0 Å². The van der Waals surface area contributed by atoms with Gasteiger partial charge in [0.25, 0.3) is 0 Å². The lowest BCUT2D eigenvalue weighted by Gasteiger charge is -2.10. The number of hydrogen-bond acceptors (Lipinski definition) is 5. The second-order valence-corrected chi connectivity index (χ2v) is 2.28. The maximum atomic E-state index is 9.01. The smallest absolute Gasteiger partial charge is 0.184 e. The highest BCUT2D eigenvalue weighted by molar-refractivity contribution is 4.85. The largest absolute Gasteiger partial charge is 0.387 e. The van der Waals surface area contributed by atoms with Gasteiger partial charge >= 0.3 is 0 Å². The molecule has 1 saturated heterocycles. The van der Waals surface area contributed by atoms with Crippen molar-refractivity contribution in [3.63, 3.8) is 0 Å². The van der Waals surface area contributed by atoms with E-state index in [1.54, 1.807) is 0 Å². The zero-order chi connectivity index (χ0) is 7.72. The highest BCUT2D eigenvalue weighted by atomic mass is 16.6. The highest BCUT2D eigenvalue weighted by Gasteiger charge is 2.40. The third-order valence-electron chi connectivity index (χ3n) is 1.57. The van der Waals surface area contributed by atoms with Crippen molar-refractivity contribution in [3.8, 4) is 0 Å². The van der Waals surface area contributed by atoms with Gasteiger partial charge in [0.2, 0.25) is 0 Å². The summed E-state index contributed by atoms with van der Waals surface area (Å²) in [6.45, 7) is 0.0925. The molecule has 0 radical (unpaired) electrons. The van der Waals surface area contributed by atoms with E-state index in [0.717, 1.165) is 0 Å². The van der Waals surface area contributed by atoms with Crippen LogP contribution in [-0.2, 0) is 4.74 Å². The fraction of sp³-hybridized carbons (Fsp3) is 1.00. The Balaban J connectivity index is 2.53. The average molecular weight is 149 g/mol. The van der Waals surface area contributed by atoms with E-state index in [1.165, 1.54) is 0 Å². The predicted molar refractivity (Wildman–Crippen MR) is 31.9 cm³/mol. The molecule has 0 saturated carbocycles. The van der Waals surface area contributed by atoms with Crippen LogP contribution in [0.1, 0.15) is 0 Å². The van der Waals surface area contributed by atoms with Crippen LogP contribution in [0.3, 0.4) is 0 Å². The molecule has 4 atom stereocenters. The molecule has 1 unspecified atom stereocenters. The molecule has 0 aromatic rings. The molecule has 1 aliphatic rings. The van der Waals surface area contributed by atoms with E-state index in [9.17, 15) is 0 Å². The first-order valence-electron chi connectivity index (χ1n) is 3.06. The fourth-order valence-corrected chi connectivity index (χ4v) is 0.924. The normalized spacial score (nSPS) is 48.0. The monoisotopic (exact) mass is 149 g/mol. The van der Waals surface area contributed by atoms with Crippen molar-refractivity contribution in [2.45, 2.75) is 24.6 Å². The predicted octanol–water partition coefficient (Wildman–Crippen LogP) is -2.62. The lowest BCUT2D eigenvalue weighted by atomic mass is 10.1. The van der Waals surface area contributed by atoms with Gasteiger partial charge in [0.15, 0.2) is 6.29 Å². The molecule has 1 heterocycles. The summed E-state index contributed by atoms with van der Waals surface area (Å²) in [5, 5.41) is 26.7. The van der Waals surface area contributed by atoms with Crippen LogP contribution >= 0.6 is 0 Å². The van der Waals surface area contributed by atoms with Crippen molar-refractivity contribution in [2.75, 3.05) is 6.54 Å². The van der Waals surface area contributed by atoms with Gasteiger partial charge in [-0.3, -0.25) is 0 Å². The third kappa shape index (κ3) is 1.14. The Morgan fingerprint density at radius 1 is 1.20 bits per heavy atom. The second-order valence-electron chi connectivity index (χ2n) is 2.28. The molecule has 5 nitrogen and oxygen atoms in total. The number of ether oxygens (including phenoxy) is 1. The number of nitrogens with two attached hydrogens (primary N) is 1. The SMILES string of the molecule is NCC1O[C@H](O)[C@H](O)[C@@H]1O. The molecule has 5 heteroatoms. The van der Waals surface area contributed by atoms with E-state index < -0.39 is 24.6 Å². The van der Waals surface area contributed by atoms with Gasteiger partial charge in [-0.05, 0) is 0 Å². The standard InChI is InChI=1S/C5H11NO4/c6-1-2-3(7)4(8)5(9)10-2/h2-5,7-9H,1,6H2/t2?,3-,4-,5+/m1/s1. The Kier molecular flexibility index (Phi) is 2.22. The van der Waals surface area contributed by atoms with Gasteiger partial charge in [-0.1, -0.05) is 0 Å². The summed E-state index contributed by atoms with van der Waals surface area (Å²) < 4.78 is 4.67. The number of aliphatic hydroxyl groups is 3. The van der Waals surface area contributed by atoms with E-state index in [-0.39, 0.29) is 6.54 Å². The van der Waals surface area contributed by atoms with Crippen LogP contribution in [0.2, 0.25) is 0 Å². The molecule has 0 aromatic heterocycles. The third-order valence-corrected chi connectivity index (χ3v) is 1.57. The van der Waals surface area contributed by atoms with Gasteiger partial charge in [0.1, 0.15) is 18.3 Å². The minimum Gasteiger partial charge on any atom is -0.387 e. The van der Waals surface area contributed by atoms with Gasteiger partial charge in [0, 0.05) is 6.54 Å². The molecule has 0 spiro atoms. The number of aliphatic hydroxyl groups excluding tert-OH is 3. The summed E-state index contributed by atoms with van der Waals surface area (Å²) in [7, 11) is 0. The molecule has 0 bridgehead atoms. The number of hydrogen-bond donors (Lipinski definition) is 4. The quantitative estimate of drug-likeness (QED) is 0.327. The lowest BCUT2D eigenvalue weighted by molar-refractivity contribution is -0.125. The second kappa shape index (κ2) is 2.81. The summed E-state index contributed by atoms with van der Waals surface area (Å²) in [5.74, 6) is 0. The Hall–Kier alpha value is -0.200. The van der Waals surface area contributed by atoms with Crippen molar-refractivity contribution < 1.29 is 20.1 Å². The Morgan fingerprint density at radius 3 is 2.00 bits per heavy atom. The molecule has 60 valence electrons. The van der Waals surface area contributed by atoms with Gasteiger partial charge in [0.05, 0.1) is 0 Å². The van der Waals surface area contributed by atoms with Crippen molar-refractivity contribution in [3.05, 3.63) is 0 Å². The van der Waals surface area contributed by atoms with E-state index in [4.69, 9.17) is 21.1 Å². The molecule has 1 rings (SSSR count). The molecular formula is C5H11NO4. The molecular weight excluding hydrogens is 138 g/mol. The summed E-state index contributed by atoms with van der Waals surface area (Å²) in [4.78, 5) is 0. The first kappa shape index (κ1) is 7.90. The Morgan fingerprint density at radius 2 is 1.80 bits per heavy atom. The van der Waals surface area contributed by atoms with Crippen molar-refractivity contribution >= 4 is 0 Å². The molecule has 0 amide bonds.